The van der Waals surface area contributed by atoms with Gasteiger partial charge in [-0.05, 0) is 19.1 Å². The van der Waals surface area contributed by atoms with Gasteiger partial charge >= 0.3 is 0 Å². The van der Waals surface area contributed by atoms with E-state index in [1.54, 1.807) is 10.4 Å². The van der Waals surface area contributed by atoms with Crippen molar-refractivity contribution in [2.75, 3.05) is 18.1 Å². The van der Waals surface area contributed by atoms with Gasteiger partial charge in [0.1, 0.15) is 5.75 Å². The van der Waals surface area contributed by atoms with Gasteiger partial charge in [-0.25, -0.2) is 4.98 Å². The van der Waals surface area contributed by atoms with Gasteiger partial charge < -0.3 is 15.0 Å². The topological polar surface area (TPSA) is 71.5 Å². The second kappa shape index (κ2) is 7.44. The van der Waals surface area contributed by atoms with E-state index in [9.17, 15) is 9.59 Å². The first kappa shape index (κ1) is 16.4. The van der Waals surface area contributed by atoms with E-state index in [0.717, 1.165) is 11.4 Å². The normalized spacial score (nSPS) is 17.1. The van der Waals surface area contributed by atoms with Crippen LogP contribution in [-0.2, 0) is 16.1 Å². The van der Waals surface area contributed by atoms with Crippen LogP contribution < -0.4 is 15.0 Å². The van der Waals surface area contributed by atoms with Gasteiger partial charge in [-0.2, -0.15) is 0 Å². The van der Waals surface area contributed by atoms with Crippen molar-refractivity contribution >= 4 is 28.8 Å². The zero-order valence-electron chi connectivity index (χ0n) is 13.4. The fourth-order valence-corrected chi connectivity index (χ4v) is 3.28. The average Bonchev–Trinajstić information content (AvgIpc) is 3.23. The molecule has 126 valence electrons. The molecule has 0 radical (unpaired) electrons. The van der Waals surface area contributed by atoms with Gasteiger partial charge in [-0.3, -0.25) is 9.59 Å². The highest BCUT2D eigenvalue weighted by Gasteiger charge is 2.36. The number of ether oxygens (including phenoxy) is 1. The molecule has 1 saturated heterocycles. The van der Waals surface area contributed by atoms with Crippen molar-refractivity contribution in [1.82, 2.24) is 10.3 Å². The lowest BCUT2D eigenvalue weighted by atomic mass is 10.1. The van der Waals surface area contributed by atoms with Gasteiger partial charge in [0.15, 0.2) is 0 Å². The average molecular weight is 345 g/mol. The fourth-order valence-electron chi connectivity index (χ4n) is 2.72. The predicted octanol–water partition coefficient (Wildman–Crippen LogP) is 2.21. The largest absolute Gasteiger partial charge is 0.492 e. The smallest absolute Gasteiger partial charge is 0.227 e. The molecule has 0 aliphatic carbocycles. The second-order valence-corrected chi connectivity index (χ2v) is 6.22. The first-order valence-electron chi connectivity index (χ1n) is 7.86. The molecule has 3 rings (SSSR count). The van der Waals surface area contributed by atoms with Gasteiger partial charge in [0.05, 0.1) is 36.0 Å². The molecular weight excluding hydrogens is 326 g/mol. The van der Waals surface area contributed by atoms with E-state index in [-0.39, 0.29) is 24.2 Å². The maximum absolute atomic E-state index is 12.4. The van der Waals surface area contributed by atoms with Crippen LogP contribution in [0.15, 0.2) is 35.2 Å². The second-order valence-electron chi connectivity index (χ2n) is 5.50. The van der Waals surface area contributed by atoms with Crippen LogP contribution in [0.25, 0.3) is 0 Å². The number of para-hydroxylation sites is 2. The summed E-state index contributed by atoms with van der Waals surface area (Å²) in [4.78, 5) is 30.5. The number of rotatable bonds is 6. The van der Waals surface area contributed by atoms with Gasteiger partial charge in [-0.1, -0.05) is 12.1 Å². The number of hydrogen-bond acceptors (Lipinski definition) is 5. The number of carbonyl (C=O) groups is 2. The van der Waals surface area contributed by atoms with E-state index in [0.29, 0.717) is 25.4 Å². The van der Waals surface area contributed by atoms with Crippen LogP contribution in [0.3, 0.4) is 0 Å². The fraction of sp³-hybridized carbons (Fsp3) is 0.353. The highest BCUT2D eigenvalue weighted by molar-refractivity contribution is 7.07. The number of nitrogens with zero attached hydrogens (tertiary/aromatic N) is 2. The van der Waals surface area contributed by atoms with E-state index in [2.05, 4.69) is 10.3 Å². The number of amides is 2. The molecule has 24 heavy (non-hydrogen) atoms. The van der Waals surface area contributed by atoms with Crippen LogP contribution in [0.5, 0.6) is 5.75 Å². The molecular formula is C17H19N3O3S. The van der Waals surface area contributed by atoms with Crippen LogP contribution in [0.1, 0.15) is 19.0 Å². The van der Waals surface area contributed by atoms with Crippen molar-refractivity contribution in [3.05, 3.63) is 40.8 Å². The Morgan fingerprint density at radius 3 is 3.04 bits per heavy atom. The van der Waals surface area contributed by atoms with Crippen LogP contribution >= 0.6 is 11.3 Å². The minimum Gasteiger partial charge on any atom is -0.492 e. The lowest BCUT2D eigenvalue weighted by Crippen LogP contribution is -2.32. The van der Waals surface area contributed by atoms with E-state index >= 15 is 0 Å². The molecule has 1 aliphatic heterocycles. The highest BCUT2D eigenvalue weighted by atomic mass is 32.1. The van der Waals surface area contributed by atoms with E-state index in [1.165, 1.54) is 11.3 Å². The molecule has 1 aliphatic rings. The minimum absolute atomic E-state index is 0.0593. The van der Waals surface area contributed by atoms with E-state index in [1.807, 2.05) is 36.6 Å². The summed E-state index contributed by atoms with van der Waals surface area (Å²) in [6.07, 6.45) is 0.212. The molecule has 2 aromatic rings. The number of carbonyl (C=O) groups excluding carboxylic acids is 2. The lowest BCUT2D eigenvalue weighted by Gasteiger charge is -2.20. The summed E-state index contributed by atoms with van der Waals surface area (Å²) in [7, 11) is 0. The number of nitrogens with one attached hydrogen (secondary N) is 1. The van der Waals surface area contributed by atoms with Gasteiger partial charge in [0.2, 0.25) is 11.8 Å². The van der Waals surface area contributed by atoms with Crippen molar-refractivity contribution in [3.8, 4) is 5.75 Å². The van der Waals surface area contributed by atoms with Gasteiger partial charge in [0, 0.05) is 18.3 Å². The zero-order chi connectivity index (χ0) is 16.9. The summed E-state index contributed by atoms with van der Waals surface area (Å²) in [5.41, 5.74) is 3.28. The quantitative estimate of drug-likeness (QED) is 0.871. The van der Waals surface area contributed by atoms with Crippen LogP contribution in [0.4, 0.5) is 5.69 Å². The molecule has 7 heteroatoms. The molecule has 1 N–H and O–H groups in total. The summed E-state index contributed by atoms with van der Waals surface area (Å²) < 4.78 is 5.59. The van der Waals surface area contributed by atoms with Crippen molar-refractivity contribution in [2.24, 2.45) is 5.92 Å². The first-order valence-corrected chi connectivity index (χ1v) is 8.80. The Morgan fingerprint density at radius 2 is 2.29 bits per heavy atom. The van der Waals surface area contributed by atoms with Crippen molar-refractivity contribution in [2.45, 2.75) is 19.9 Å². The maximum atomic E-state index is 12.4. The van der Waals surface area contributed by atoms with Crippen molar-refractivity contribution in [3.63, 3.8) is 0 Å². The number of anilines is 1. The van der Waals surface area contributed by atoms with E-state index < -0.39 is 0 Å². The van der Waals surface area contributed by atoms with E-state index in [4.69, 9.17) is 4.74 Å². The Morgan fingerprint density at radius 1 is 1.46 bits per heavy atom. The molecule has 0 saturated carbocycles. The summed E-state index contributed by atoms with van der Waals surface area (Å²) in [5.74, 6) is 0.131. The Kier molecular flexibility index (Phi) is 5.10. The molecule has 1 aromatic heterocycles. The molecule has 2 heterocycles. The standard InChI is InChI=1S/C17H19N3O3S/c1-2-23-15-6-4-3-5-14(15)20-9-12(7-16(20)21)17(22)18-8-13-10-24-11-19-13/h3-6,10-12H,2,7-9H2,1H3,(H,18,22)/t12-/m1/s1. The first-order chi connectivity index (χ1) is 11.7. The Balaban J connectivity index is 1.66. The van der Waals surface area contributed by atoms with Crippen molar-refractivity contribution in [1.29, 1.82) is 0 Å². The van der Waals surface area contributed by atoms with Gasteiger partial charge in [0.25, 0.3) is 0 Å². The molecule has 2 amide bonds. The monoisotopic (exact) mass is 345 g/mol. The summed E-state index contributed by atoms with van der Waals surface area (Å²) >= 11 is 1.49. The third kappa shape index (κ3) is 3.56. The molecule has 0 unspecified atom stereocenters. The number of hydrogen-bond donors (Lipinski definition) is 1. The summed E-state index contributed by atoms with van der Waals surface area (Å²) in [6, 6.07) is 7.41. The minimum atomic E-state index is -0.356. The number of benzene rings is 1. The Labute approximate surface area is 144 Å². The Hall–Kier alpha value is -2.41. The van der Waals surface area contributed by atoms with Gasteiger partial charge in [-0.15, -0.1) is 11.3 Å². The van der Waals surface area contributed by atoms with Crippen LogP contribution in [0.2, 0.25) is 0 Å². The van der Waals surface area contributed by atoms with Crippen molar-refractivity contribution < 1.29 is 14.3 Å². The van der Waals surface area contributed by atoms with Crippen LogP contribution in [0, 0.1) is 5.92 Å². The Bertz CT molecular complexity index is 718. The summed E-state index contributed by atoms with van der Waals surface area (Å²) in [6.45, 7) is 3.18. The molecule has 1 fully saturated rings. The lowest BCUT2D eigenvalue weighted by molar-refractivity contribution is -0.126. The summed E-state index contributed by atoms with van der Waals surface area (Å²) in [5, 5.41) is 4.75. The SMILES string of the molecule is CCOc1ccccc1N1C[C@H](C(=O)NCc2cscn2)CC1=O. The molecule has 0 bridgehead atoms. The third-order valence-corrected chi connectivity index (χ3v) is 4.51. The predicted molar refractivity (Wildman–Crippen MR) is 92.0 cm³/mol. The molecule has 6 nitrogen and oxygen atoms in total. The number of thiazole rings is 1. The highest BCUT2D eigenvalue weighted by Crippen LogP contribution is 2.33. The number of aromatic nitrogens is 1. The molecule has 1 atom stereocenters. The third-order valence-electron chi connectivity index (χ3n) is 3.88. The molecule has 0 spiro atoms. The van der Waals surface area contributed by atoms with Crippen LogP contribution in [-0.4, -0.2) is 29.9 Å². The molecule has 1 aromatic carbocycles. The zero-order valence-corrected chi connectivity index (χ0v) is 14.2. The maximum Gasteiger partial charge on any atom is 0.227 e.